The average molecular weight is 317 g/mol. The summed E-state index contributed by atoms with van der Waals surface area (Å²) in [6.07, 6.45) is 1.72. The Morgan fingerprint density at radius 1 is 1.12 bits per heavy atom. The molecule has 0 aromatic heterocycles. The van der Waals surface area contributed by atoms with Gasteiger partial charge in [-0.2, -0.15) is 0 Å². The van der Waals surface area contributed by atoms with Crippen molar-refractivity contribution in [2.24, 2.45) is 0 Å². The highest BCUT2D eigenvalue weighted by molar-refractivity contribution is 5.92. The highest BCUT2D eigenvalue weighted by atomic mass is 16.3. The second kappa shape index (κ2) is 5.51. The van der Waals surface area contributed by atoms with E-state index in [-0.39, 0.29) is 11.8 Å². The Balaban J connectivity index is 1.78. The van der Waals surface area contributed by atoms with Crippen molar-refractivity contribution in [3.05, 3.63) is 65.2 Å². The highest BCUT2D eigenvalue weighted by Gasteiger charge is 2.49. The lowest BCUT2D eigenvalue weighted by atomic mass is 9.72. The van der Waals surface area contributed by atoms with Gasteiger partial charge in [-0.25, -0.2) is 0 Å². The molecule has 2 bridgehead atoms. The third kappa shape index (κ3) is 2.31. The molecule has 0 saturated heterocycles. The normalized spacial score (nSPS) is 24.8. The first-order chi connectivity index (χ1) is 11.6. The monoisotopic (exact) mass is 317 g/mol. The molecule has 2 atom stereocenters. The number of fused-ring (bicyclic) bond motifs is 4. The van der Waals surface area contributed by atoms with Crippen molar-refractivity contribution in [3.8, 4) is 11.8 Å². The van der Waals surface area contributed by atoms with Gasteiger partial charge in [-0.1, -0.05) is 30.0 Å². The number of benzene rings is 2. The van der Waals surface area contributed by atoms with Gasteiger partial charge in [0.05, 0.1) is 0 Å². The van der Waals surface area contributed by atoms with Crippen molar-refractivity contribution in [1.82, 2.24) is 0 Å². The minimum Gasteiger partial charge on any atom is -0.377 e. The number of carbonyl (C=O) groups is 1. The molecule has 2 aromatic rings. The Kier molecular flexibility index (Phi) is 3.44. The van der Waals surface area contributed by atoms with Gasteiger partial charge in [0, 0.05) is 48.3 Å². The summed E-state index contributed by atoms with van der Waals surface area (Å²) >= 11 is 0. The SMILES string of the molecule is CN1c2ccc(C#Cc3ccccc3)cc2[C@]2(O)C[C@H]1CCC2=O. The van der Waals surface area contributed by atoms with Crippen molar-refractivity contribution in [2.45, 2.75) is 30.9 Å². The van der Waals surface area contributed by atoms with E-state index < -0.39 is 5.60 Å². The van der Waals surface area contributed by atoms with Gasteiger partial charge in [-0.05, 0) is 36.8 Å². The number of carbonyl (C=O) groups excluding carboxylic acids is 1. The van der Waals surface area contributed by atoms with E-state index in [1.165, 1.54) is 0 Å². The van der Waals surface area contributed by atoms with Crippen molar-refractivity contribution in [3.63, 3.8) is 0 Å². The van der Waals surface area contributed by atoms with Gasteiger partial charge < -0.3 is 10.0 Å². The number of Topliss-reactive ketones (excluding diaryl/α,β-unsaturated/α-hetero) is 1. The molecule has 0 unspecified atom stereocenters. The Labute approximate surface area is 141 Å². The zero-order valence-electron chi connectivity index (χ0n) is 13.6. The maximum atomic E-state index is 12.4. The molecule has 24 heavy (non-hydrogen) atoms. The standard InChI is InChI=1S/C21H19NO2/c1-22-17-10-12-20(23)21(24,14-17)18-13-16(9-11-19(18)22)8-7-15-5-3-2-4-6-15/h2-6,9,11,13,17,24H,10,12,14H2,1H3/t17-,21-/m1/s1. The van der Waals surface area contributed by atoms with Gasteiger partial charge in [0.1, 0.15) is 0 Å². The molecule has 1 N–H and O–H groups in total. The van der Waals surface area contributed by atoms with Crippen molar-refractivity contribution < 1.29 is 9.90 Å². The van der Waals surface area contributed by atoms with Crippen LogP contribution in [-0.4, -0.2) is 24.0 Å². The predicted octanol–water partition coefficient (Wildman–Crippen LogP) is 2.85. The van der Waals surface area contributed by atoms with Gasteiger partial charge in [-0.3, -0.25) is 4.79 Å². The molecule has 1 aliphatic heterocycles. The number of hydrogen-bond donors (Lipinski definition) is 1. The zero-order chi connectivity index (χ0) is 16.7. The Bertz CT molecular complexity index is 862. The van der Waals surface area contributed by atoms with E-state index in [0.29, 0.717) is 18.4 Å². The van der Waals surface area contributed by atoms with Crippen LogP contribution in [0.4, 0.5) is 5.69 Å². The fourth-order valence-electron chi connectivity index (χ4n) is 3.77. The van der Waals surface area contributed by atoms with Crippen LogP contribution in [0.25, 0.3) is 0 Å². The molecule has 1 aliphatic carbocycles. The molecule has 0 radical (unpaired) electrons. The predicted molar refractivity (Wildman–Crippen MR) is 93.8 cm³/mol. The summed E-state index contributed by atoms with van der Waals surface area (Å²) in [5.74, 6) is 6.20. The molecule has 2 aliphatic rings. The maximum absolute atomic E-state index is 12.4. The fourth-order valence-corrected chi connectivity index (χ4v) is 3.77. The first-order valence-corrected chi connectivity index (χ1v) is 8.28. The van der Waals surface area contributed by atoms with Gasteiger partial charge in [0.15, 0.2) is 11.4 Å². The van der Waals surface area contributed by atoms with Crippen LogP contribution in [0.2, 0.25) is 0 Å². The number of aliphatic hydroxyl groups is 1. The van der Waals surface area contributed by atoms with Crippen LogP contribution in [0.1, 0.15) is 36.0 Å². The van der Waals surface area contributed by atoms with E-state index in [2.05, 4.69) is 16.7 Å². The quantitative estimate of drug-likeness (QED) is 0.760. The third-order valence-electron chi connectivity index (χ3n) is 5.19. The molecule has 0 amide bonds. The minimum absolute atomic E-state index is 0.0683. The van der Waals surface area contributed by atoms with E-state index in [1.54, 1.807) is 0 Å². The van der Waals surface area contributed by atoms with Crippen LogP contribution < -0.4 is 4.90 Å². The lowest BCUT2D eigenvalue weighted by molar-refractivity contribution is -0.143. The number of nitrogens with zero attached hydrogens (tertiary/aromatic N) is 1. The second-order valence-corrected chi connectivity index (χ2v) is 6.64. The summed E-state index contributed by atoms with van der Waals surface area (Å²) in [6, 6.07) is 15.8. The number of anilines is 1. The smallest absolute Gasteiger partial charge is 0.169 e. The van der Waals surface area contributed by atoms with Crippen molar-refractivity contribution >= 4 is 11.5 Å². The fraction of sp³-hybridized carbons (Fsp3) is 0.286. The molecule has 1 fully saturated rings. The van der Waals surface area contributed by atoms with Gasteiger partial charge in [-0.15, -0.1) is 0 Å². The molecule has 120 valence electrons. The van der Waals surface area contributed by atoms with Crippen LogP contribution in [0.15, 0.2) is 48.5 Å². The topological polar surface area (TPSA) is 40.5 Å². The summed E-state index contributed by atoms with van der Waals surface area (Å²) in [7, 11) is 2.04. The Morgan fingerprint density at radius 2 is 1.88 bits per heavy atom. The Morgan fingerprint density at radius 3 is 2.67 bits per heavy atom. The number of ketones is 1. The molecular weight excluding hydrogens is 298 g/mol. The summed E-state index contributed by atoms with van der Waals surface area (Å²) in [6.45, 7) is 0. The highest BCUT2D eigenvalue weighted by Crippen LogP contribution is 2.46. The number of rotatable bonds is 0. The van der Waals surface area contributed by atoms with Crippen LogP contribution in [0, 0.1) is 11.8 Å². The molecule has 1 saturated carbocycles. The third-order valence-corrected chi connectivity index (χ3v) is 5.19. The van der Waals surface area contributed by atoms with Crippen molar-refractivity contribution in [1.29, 1.82) is 0 Å². The van der Waals surface area contributed by atoms with Crippen LogP contribution in [0.3, 0.4) is 0 Å². The zero-order valence-corrected chi connectivity index (χ0v) is 13.6. The second-order valence-electron chi connectivity index (χ2n) is 6.64. The Hall–Kier alpha value is -2.57. The lowest BCUT2D eigenvalue weighted by Gasteiger charge is -2.47. The minimum atomic E-state index is -1.35. The lowest BCUT2D eigenvalue weighted by Crippen LogP contribution is -2.53. The summed E-state index contributed by atoms with van der Waals surface area (Å²) < 4.78 is 0. The molecular formula is C21H19NO2. The van der Waals surface area contributed by atoms with Crippen LogP contribution in [0.5, 0.6) is 0 Å². The van der Waals surface area contributed by atoms with E-state index in [9.17, 15) is 9.90 Å². The first-order valence-electron chi connectivity index (χ1n) is 8.28. The van der Waals surface area contributed by atoms with E-state index >= 15 is 0 Å². The van der Waals surface area contributed by atoms with Gasteiger partial charge >= 0.3 is 0 Å². The number of hydrogen-bond acceptors (Lipinski definition) is 3. The molecule has 2 aromatic carbocycles. The molecule has 3 nitrogen and oxygen atoms in total. The van der Waals surface area contributed by atoms with Crippen LogP contribution in [-0.2, 0) is 10.4 Å². The largest absolute Gasteiger partial charge is 0.377 e. The van der Waals surface area contributed by atoms with E-state index in [1.807, 2.05) is 55.6 Å². The maximum Gasteiger partial charge on any atom is 0.169 e. The molecule has 3 heteroatoms. The van der Waals surface area contributed by atoms with E-state index in [0.717, 1.165) is 23.2 Å². The summed E-state index contributed by atoms with van der Waals surface area (Å²) in [4.78, 5) is 14.6. The van der Waals surface area contributed by atoms with Crippen molar-refractivity contribution in [2.75, 3.05) is 11.9 Å². The average Bonchev–Trinajstić information content (AvgIpc) is 2.62. The summed E-state index contributed by atoms with van der Waals surface area (Å²) in [5, 5.41) is 11.0. The molecule has 4 rings (SSSR count). The van der Waals surface area contributed by atoms with Gasteiger partial charge in [0.2, 0.25) is 0 Å². The first kappa shape index (κ1) is 15.0. The van der Waals surface area contributed by atoms with Crippen LogP contribution >= 0.6 is 0 Å². The molecule has 1 heterocycles. The summed E-state index contributed by atoms with van der Waals surface area (Å²) in [5.41, 5.74) is 2.05. The molecule has 0 spiro atoms. The van der Waals surface area contributed by atoms with Gasteiger partial charge in [0.25, 0.3) is 0 Å². The van der Waals surface area contributed by atoms with E-state index in [4.69, 9.17) is 0 Å².